The molecule has 4 heterocycles. The van der Waals surface area contributed by atoms with Crippen molar-refractivity contribution < 1.29 is 9.52 Å². The summed E-state index contributed by atoms with van der Waals surface area (Å²) < 4.78 is 6.47. The average molecular weight is 620 g/mol. The molecule has 3 aromatic heterocycles. The van der Waals surface area contributed by atoms with Gasteiger partial charge in [-0.25, -0.2) is 4.98 Å². The molecule has 1 aliphatic heterocycles. The van der Waals surface area contributed by atoms with Crippen molar-refractivity contribution in [3.63, 3.8) is 0 Å². The Hall–Kier alpha value is -5.03. The van der Waals surface area contributed by atoms with Crippen molar-refractivity contribution >= 4 is 33.4 Å². The molecule has 2 N–H and O–H groups in total. The van der Waals surface area contributed by atoms with Crippen LogP contribution in [0.5, 0.6) is 0 Å². The van der Waals surface area contributed by atoms with Crippen LogP contribution >= 0.6 is 0 Å². The maximum atomic E-state index is 10.1. The molecule has 8 rings (SSSR count). The third-order valence-electron chi connectivity index (χ3n) is 10.0. The van der Waals surface area contributed by atoms with Gasteiger partial charge in [0.15, 0.2) is 11.4 Å². The van der Waals surface area contributed by atoms with Gasteiger partial charge in [0.2, 0.25) is 0 Å². The van der Waals surface area contributed by atoms with E-state index in [9.17, 15) is 10.4 Å². The summed E-state index contributed by atoms with van der Waals surface area (Å²) in [4.78, 5) is 11.8. The first-order chi connectivity index (χ1) is 23.0. The number of furan rings is 1. The summed E-state index contributed by atoms with van der Waals surface area (Å²) in [6.07, 6.45) is 8.59. The molecule has 1 saturated heterocycles. The molecule has 2 aliphatic rings. The second kappa shape index (κ2) is 12.0. The molecule has 0 spiro atoms. The lowest BCUT2D eigenvalue weighted by molar-refractivity contribution is 0.175. The number of likely N-dealkylation sites (tertiary alicyclic amines) is 1. The van der Waals surface area contributed by atoms with E-state index in [2.05, 4.69) is 89.7 Å². The summed E-state index contributed by atoms with van der Waals surface area (Å²) in [5.74, 6) is 1.51. The molecule has 234 valence electrons. The lowest BCUT2D eigenvalue weighted by atomic mass is 9.87. The highest BCUT2D eigenvalue weighted by Crippen LogP contribution is 2.40. The highest BCUT2D eigenvalue weighted by molar-refractivity contribution is 5.92. The zero-order valence-corrected chi connectivity index (χ0v) is 26.8. The fraction of sp³-hybridized carbons (Fsp3) is 0.275. The Labute approximate surface area is 274 Å². The molecule has 7 heteroatoms. The maximum absolute atomic E-state index is 10.1. The first-order valence-corrected chi connectivity index (χ1v) is 16.6. The zero-order valence-electron chi connectivity index (χ0n) is 26.8. The Morgan fingerprint density at radius 3 is 2.60 bits per heavy atom. The van der Waals surface area contributed by atoms with Gasteiger partial charge in [-0.1, -0.05) is 30.3 Å². The molecular formula is C40H37N5O2. The lowest BCUT2D eigenvalue weighted by Crippen LogP contribution is -2.21. The number of nitriles is 1. The van der Waals surface area contributed by atoms with E-state index in [-0.39, 0.29) is 6.10 Å². The van der Waals surface area contributed by atoms with Gasteiger partial charge in [0.1, 0.15) is 17.3 Å². The van der Waals surface area contributed by atoms with Crippen molar-refractivity contribution in [2.24, 2.45) is 0 Å². The van der Waals surface area contributed by atoms with E-state index in [1.807, 2.05) is 18.5 Å². The number of aliphatic hydroxyl groups excluding tert-OH is 1. The molecule has 3 aromatic carbocycles. The summed E-state index contributed by atoms with van der Waals surface area (Å²) >= 11 is 0. The molecule has 6 aromatic rings. The van der Waals surface area contributed by atoms with Crippen LogP contribution in [0.25, 0.3) is 44.3 Å². The number of β-amino-alcohol motifs (C(OH)–C–C–N with tert-alkyl or cyclic N) is 1. The summed E-state index contributed by atoms with van der Waals surface area (Å²) in [6.45, 7) is 6.67. The predicted octanol–water partition coefficient (Wildman–Crippen LogP) is 8.39. The van der Waals surface area contributed by atoms with Crippen LogP contribution in [0.2, 0.25) is 0 Å². The molecule has 1 atom stereocenters. The van der Waals surface area contributed by atoms with Crippen molar-refractivity contribution in [1.82, 2.24) is 14.9 Å². The summed E-state index contributed by atoms with van der Waals surface area (Å²) in [7, 11) is 0. The Morgan fingerprint density at radius 1 is 0.957 bits per heavy atom. The first-order valence-electron chi connectivity index (χ1n) is 16.6. The molecule has 0 bridgehead atoms. The number of aliphatic hydroxyl groups is 1. The highest BCUT2D eigenvalue weighted by atomic mass is 16.3. The topological polar surface area (TPSA) is 98.2 Å². The Morgan fingerprint density at radius 2 is 1.77 bits per heavy atom. The normalized spacial score (nSPS) is 16.4. The molecule has 47 heavy (non-hydrogen) atoms. The number of nitrogens with one attached hydrogen (secondary N) is 1. The van der Waals surface area contributed by atoms with Crippen LogP contribution < -0.4 is 5.32 Å². The Kier molecular flexibility index (Phi) is 7.48. The fourth-order valence-electron chi connectivity index (χ4n) is 7.54. The number of nitrogens with zero attached hydrogens (tertiary/aromatic N) is 4. The van der Waals surface area contributed by atoms with Crippen molar-refractivity contribution in [3.05, 3.63) is 106 Å². The van der Waals surface area contributed by atoms with Crippen molar-refractivity contribution in [1.29, 1.82) is 5.26 Å². The van der Waals surface area contributed by atoms with Gasteiger partial charge in [0.05, 0.1) is 11.7 Å². The molecule has 1 aliphatic carbocycles. The Balaban J connectivity index is 1.12. The van der Waals surface area contributed by atoms with Gasteiger partial charge < -0.3 is 14.8 Å². The number of pyridine rings is 2. The first kappa shape index (κ1) is 29.4. The van der Waals surface area contributed by atoms with E-state index in [4.69, 9.17) is 9.40 Å². The number of aromatic nitrogens is 2. The lowest BCUT2D eigenvalue weighted by Gasteiger charge is -2.17. The van der Waals surface area contributed by atoms with Crippen LogP contribution in [0.15, 0.2) is 77.5 Å². The number of rotatable bonds is 6. The Bertz CT molecular complexity index is 2210. The smallest absolute Gasteiger partial charge is 0.156 e. The van der Waals surface area contributed by atoms with Gasteiger partial charge in [-0.3, -0.25) is 9.88 Å². The SMILES string of the molecule is Cc1c(Nc2nccc3cc(CN4CC[C@@H](O)C4)cnc23)cccc1-c1cccc(-c2cc3cc4c(c(C#N)c3o2)CCCC4)c1C. The number of anilines is 2. The van der Waals surface area contributed by atoms with E-state index in [1.165, 1.54) is 12.0 Å². The molecule has 0 saturated carbocycles. The number of hydrogen-bond donors (Lipinski definition) is 2. The van der Waals surface area contributed by atoms with E-state index in [1.54, 1.807) is 0 Å². The minimum absolute atomic E-state index is 0.234. The third-order valence-corrected chi connectivity index (χ3v) is 10.0. The van der Waals surface area contributed by atoms with E-state index in [0.29, 0.717) is 17.7 Å². The largest absolute Gasteiger partial charge is 0.455 e. The van der Waals surface area contributed by atoms with Gasteiger partial charge in [-0.15, -0.1) is 0 Å². The van der Waals surface area contributed by atoms with Gasteiger partial charge in [-0.05, 0) is 115 Å². The fourth-order valence-corrected chi connectivity index (χ4v) is 7.54. The van der Waals surface area contributed by atoms with Crippen LogP contribution in [0.4, 0.5) is 11.5 Å². The third kappa shape index (κ3) is 5.34. The van der Waals surface area contributed by atoms with E-state index in [0.717, 1.165) is 111 Å². The summed E-state index contributed by atoms with van der Waals surface area (Å²) in [5.41, 5.74) is 12.3. The molecule has 7 nitrogen and oxygen atoms in total. The van der Waals surface area contributed by atoms with Gasteiger partial charge >= 0.3 is 0 Å². The zero-order chi connectivity index (χ0) is 32.1. The number of hydrogen-bond acceptors (Lipinski definition) is 7. The van der Waals surface area contributed by atoms with Gasteiger partial charge in [0.25, 0.3) is 0 Å². The number of aryl methyl sites for hydroxylation is 1. The second-order valence-electron chi connectivity index (χ2n) is 13.1. The van der Waals surface area contributed by atoms with Crippen molar-refractivity contribution in [3.8, 4) is 28.5 Å². The van der Waals surface area contributed by atoms with Crippen LogP contribution in [0, 0.1) is 25.2 Å². The standard InChI is InChI=1S/C40H37N5O2/c1-24-31(9-5-11-33(24)37-19-29-18-27-7-3-4-8-34(27)35(20-41)39(29)47-37)32-10-6-12-36(25(32)2)44-40-38-28(13-15-42-40)17-26(21-43-38)22-45-16-14-30(46)23-45/h5-6,9-13,15,17-19,21,30,46H,3-4,7-8,14,16,22-23H2,1-2H3,(H,42,44)/t30-/m1/s1. The average Bonchev–Trinajstić information content (AvgIpc) is 3.70. The van der Waals surface area contributed by atoms with E-state index < -0.39 is 0 Å². The molecular weight excluding hydrogens is 582 g/mol. The van der Waals surface area contributed by atoms with Crippen LogP contribution in [-0.2, 0) is 19.4 Å². The van der Waals surface area contributed by atoms with Crippen molar-refractivity contribution in [2.75, 3.05) is 18.4 Å². The van der Waals surface area contributed by atoms with Crippen LogP contribution in [0.1, 0.15) is 52.6 Å². The predicted molar refractivity (Wildman–Crippen MR) is 187 cm³/mol. The maximum Gasteiger partial charge on any atom is 0.156 e. The molecule has 0 radical (unpaired) electrons. The van der Waals surface area contributed by atoms with Crippen LogP contribution in [0.3, 0.4) is 0 Å². The van der Waals surface area contributed by atoms with Gasteiger partial charge in [-0.2, -0.15) is 5.26 Å². The van der Waals surface area contributed by atoms with Crippen molar-refractivity contribution in [2.45, 2.75) is 58.6 Å². The van der Waals surface area contributed by atoms with E-state index >= 15 is 0 Å². The minimum Gasteiger partial charge on any atom is -0.455 e. The minimum atomic E-state index is -0.234. The van der Waals surface area contributed by atoms with Crippen LogP contribution in [-0.4, -0.2) is 39.2 Å². The highest BCUT2D eigenvalue weighted by Gasteiger charge is 2.22. The second-order valence-corrected chi connectivity index (χ2v) is 13.1. The summed E-state index contributed by atoms with van der Waals surface area (Å²) in [6, 6.07) is 23.6. The monoisotopic (exact) mass is 619 g/mol. The number of benzene rings is 3. The molecule has 0 amide bonds. The molecule has 1 fully saturated rings. The number of fused-ring (bicyclic) bond motifs is 3. The van der Waals surface area contributed by atoms with Gasteiger partial charge in [0, 0.05) is 54.1 Å². The quantitative estimate of drug-likeness (QED) is 0.193. The summed E-state index contributed by atoms with van der Waals surface area (Å²) in [5, 5.41) is 25.6. The molecule has 0 unspecified atom stereocenters.